The summed E-state index contributed by atoms with van der Waals surface area (Å²) >= 11 is 6.72. The predicted molar refractivity (Wildman–Crippen MR) is 176 cm³/mol. The van der Waals surface area contributed by atoms with Crippen molar-refractivity contribution in [2.24, 2.45) is 0 Å². The van der Waals surface area contributed by atoms with Crippen LogP contribution in [0.2, 0.25) is 23.2 Å². The lowest BCUT2D eigenvalue weighted by Crippen LogP contribution is -2.63. The molecule has 1 N–H and O–H groups in total. The highest BCUT2D eigenvalue weighted by Crippen LogP contribution is 2.45. The SMILES string of the molecule is CC(C)(C)[Si](C)(C)O[C@@H]1[C@@H](O)[C@@H](c2ccc(Cl)c(Cc3ccc(O[C@H]4CCOC4)cc3)c2)O[C@@H]2COC(c3ccccc3)O[C@@H]12. The third-order valence-electron chi connectivity index (χ3n) is 9.57. The Kier molecular flexibility index (Phi) is 9.76. The van der Waals surface area contributed by atoms with Crippen molar-refractivity contribution in [1.29, 1.82) is 0 Å². The lowest BCUT2D eigenvalue weighted by molar-refractivity contribution is -0.327. The summed E-state index contributed by atoms with van der Waals surface area (Å²) < 4.78 is 37.7. The highest BCUT2D eigenvalue weighted by molar-refractivity contribution is 6.74. The fourth-order valence-electron chi connectivity index (χ4n) is 5.91. The van der Waals surface area contributed by atoms with E-state index in [0.717, 1.165) is 41.0 Å². The minimum Gasteiger partial charge on any atom is -0.488 e. The van der Waals surface area contributed by atoms with E-state index in [1.807, 2.05) is 60.7 Å². The average Bonchev–Trinajstić information content (AvgIpc) is 3.53. The maximum Gasteiger partial charge on any atom is 0.192 e. The number of aliphatic hydroxyl groups excluding tert-OH is 1. The second kappa shape index (κ2) is 13.5. The van der Waals surface area contributed by atoms with Crippen LogP contribution in [0.15, 0.2) is 72.8 Å². The van der Waals surface area contributed by atoms with Gasteiger partial charge in [0.2, 0.25) is 0 Å². The number of hydrogen-bond donors (Lipinski definition) is 1. The molecule has 7 nitrogen and oxygen atoms in total. The highest BCUT2D eigenvalue weighted by atomic mass is 35.5. The molecule has 6 rings (SSSR count). The Morgan fingerprint density at radius 2 is 1.69 bits per heavy atom. The molecule has 242 valence electrons. The topological polar surface area (TPSA) is 75.6 Å². The molecule has 3 heterocycles. The van der Waals surface area contributed by atoms with Gasteiger partial charge in [0.15, 0.2) is 14.6 Å². The van der Waals surface area contributed by atoms with Crippen LogP contribution in [0.4, 0.5) is 0 Å². The van der Waals surface area contributed by atoms with E-state index in [4.69, 9.17) is 39.7 Å². The Balaban J connectivity index is 1.24. The Bertz CT molecular complexity index is 1420. The van der Waals surface area contributed by atoms with Gasteiger partial charge in [-0.15, -0.1) is 0 Å². The van der Waals surface area contributed by atoms with Crippen molar-refractivity contribution in [3.63, 3.8) is 0 Å². The second-order valence-electron chi connectivity index (χ2n) is 13.9. The zero-order chi connectivity index (χ0) is 31.8. The van der Waals surface area contributed by atoms with Gasteiger partial charge in [0, 0.05) is 17.0 Å². The summed E-state index contributed by atoms with van der Waals surface area (Å²) in [4.78, 5) is 0. The van der Waals surface area contributed by atoms with Crippen LogP contribution in [0, 0.1) is 0 Å². The Morgan fingerprint density at radius 3 is 2.38 bits per heavy atom. The Labute approximate surface area is 272 Å². The molecule has 0 radical (unpaired) electrons. The van der Waals surface area contributed by atoms with E-state index < -0.39 is 45.1 Å². The molecule has 3 saturated heterocycles. The first-order valence-electron chi connectivity index (χ1n) is 15.9. The number of halogens is 1. The van der Waals surface area contributed by atoms with E-state index in [0.29, 0.717) is 24.7 Å². The number of aliphatic hydroxyl groups is 1. The van der Waals surface area contributed by atoms with Crippen LogP contribution in [0.25, 0.3) is 0 Å². The molecular formula is C36H45ClO7Si. The summed E-state index contributed by atoms with van der Waals surface area (Å²) in [5.74, 6) is 0.835. The first-order chi connectivity index (χ1) is 21.5. The number of rotatable bonds is 8. The zero-order valence-electron chi connectivity index (χ0n) is 26.8. The molecule has 3 aliphatic rings. The van der Waals surface area contributed by atoms with Gasteiger partial charge in [0.25, 0.3) is 0 Å². The summed E-state index contributed by atoms with van der Waals surface area (Å²) in [6.07, 6.45) is -2.01. The van der Waals surface area contributed by atoms with E-state index >= 15 is 0 Å². The van der Waals surface area contributed by atoms with Crippen molar-refractivity contribution in [2.45, 2.75) is 94.7 Å². The van der Waals surface area contributed by atoms with E-state index in [2.05, 4.69) is 46.0 Å². The summed E-state index contributed by atoms with van der Waals surface area (Å²) in [5, 5.41) is 12.6. The normalized spacial score (nSPS) is 28.9. The van der Waals surface area contributed by atoms with Crippen LogP contribution in [-0.4, -0.2) is 63.8 Å². The maximum atomic E-state index is 12.0. The van der Waals surface area contributed by atoms with Gasteiger partial charge in [-0.3, -0.25) is 0 Å². The molecule has 0 bridgehead atoms. The van der Waals surface area contributed by atoms with Crippen molar-refractivity contribution in [3.05, 3.63) is 100 Å². The van der Waals surface area contributed by atoms with Gasteiger partial charge < -0.3 is 33.2 Å². The summed E-state index contributed by atoms with van der Waals surface area (Å²) in [6, 6.07) is 23.8. The number of fused-ring (bicyclic) bond motifs is 1. The molecule has 0 spiro atoms. The standard InChI is InChI=1S/C36H45ClO7Si/c1-36(2,3)45(4,5)44-34-31(38)32(42-30-22-40-35(43-33(30)34)24-9-7-6-8-10-24)25-13-16-29(37)26(20-25)19-23-11-14-27(15-12-23)41-28-17-18-39-21-28/h6-16,20,28,30-35,38H,17-19,21-22H2,1-5H3/t28-,30+,31-,32+,33+,34+,35?/m0/s1. The average molecular weight is 653 g/mol. The lowest BCUT2D eigenvalue weighted by Gasteiger charge is -2.51. The second-order valence-corrected chi connectivity index (χ2v) is 19.0. The van der Waals surface area contributed by atoms with E-state index in [1.165, 1.54) is 0 Å². The molecule has 3 aromatic rings. The molecule has 1 unspecified atom stereocenters. The minimum atomic E-state index is -2.30. The largest absolute Gasteiger partial charge is 0.488 e. The van der Waals surface area contributed by atoms with Gasteiger partial charge in [-0.05, 0) is 59.4 Å². The first-order valence-corrected chi connectivity index (χ1v) is 19.2. The molecule has 0 aromatic heterocycles. The highest BCUT2D eigenvalue weighted by Gasteiger charge is 2.53. The van der Waals surface area contributed by atoms with Crippen molar-refractivity contribution < 1.29 is 33.2 Å². The number of hydrogen-bond acceptors (Lipinski definition) is 7. The van der Waals surface area contributed by atoms with Crippen LogP contribution in [0.3, 0.4) is 0 Å². The summed E-state index contributed by atoms with van der Waals surface area (Å²) in [7, 11) is -2.30. The molecule has 3 fully saturated rings. The Morgan fingerprint density at radius 1 is 0.933 bits per heavy atom. The fraction of sp³-hybridized carbons (Fsp3) is 0.500. The third-order valence-corrected chi connectivity index (χ3v) is 14.4. The fourth-order valence-corrected chi connectivity index (χ4v) is 7.41. The monoisotopic (exact) mass is 652 g/mol. The smallest absolute Gasteiger partial charge is 0.192 e. The summed E-state index contributed by atoms with van der Waals surface area (Å²) in [6.45, 7) is 12.7. The van der Waals surface area contributed by atoms with Crippen LogP contribution in [-0.2, 0) is 29.8 Å². The van der Waals surface area contributed by atoms with Gasteiger partial charge in [-0.1, -0.05) is 87.0 Å². The molecule has 3 aliphatic heterocycles. The zero-order valence-corrected chi connectivity index (χ0v) is 28.5. The van der Waals surface area contributed by atoms with Crippen LogP contribution < -0.4 is 4.74 Å². The van der Waals surface area contributed by atoms with Gasteiger partial charge in [0.05, 0.1) is 19.8 Å². The van der Waals surface area contributed by atoms with Crippen LogP contribution >= 0.6 is 11.6 Å². The first kappa shape index (κ1) is 32.7. The molecule has 0 aliphatic carbocycles. The quantitative estimate of drug-likeness (QED) is 0.254. The van der Waals surface area contributed by atoms with E-state index in [-0.39, 0.29) is 11.1 Å². The van der Waals surface area contributed by atoms with Crippen molar-refractivity contribution >= 4 is 19.9 Å². The van der Waals surface area contributed by atoms with Gasteiger partial charge in [-0.2, -0.15) is 0 Å². The molecule has 0 amide bonds. The van der Waals surface area contributed by atoms with Gasteiger partial charge in [-0.25, -0.2) is 0 Å². The minimum absolute atomic E-state index is 0.0566. The van der Waals surface area contributed by atoms with Crippen molar-refractivity contribution in [1.82, 2.24) is 0 Å². The maximum absolute atomic E-state index is 12.0. The van der Waals surface area contributed by atoms with Crippen LogP contribution in [0.5, 0.6) is 5.75 Å². The van der Waals surface area contributed by atoms with E-state index in [1.54, 1.807) is 0 Å². The molecule has 0 saturated carbocycles. The molecule has 45 heavy (non-hydrogen) atoms. The van der Waals surface area contributed by atoms with Crippen molar-refractivity contribution in [2.75, 3.05) is 19.8 Å². The van der Waals surface area contributed by atoms with Crippen molar-refractivity contribution in [3.8, 4) is 5.75 Å². The van der Waals surface area contributed by atoms with Gasteiger partial charge >= 0.3 is 0 Å². The number of benzene rings is 3. The van der Waals surface area contributed by atoms with Gasteiger partial charge in [0.1, 0.15) is 42.4 Å². The third kappa shape index (κ3) is 7.34. The molecular weight excluding hydrogens is 608 g/mol. The Hall–Kier alpha value is -2.27. The molecule has 7 atom stereocenters. The lowest BCUT2D eigenvalue weighted by atomic mass is 9.89. The molecule has 3 aromatic carbocycles. The predicted octanol–water partition coefficient (Wildman–Crippen LogP) is 7.40. The number of ether oxygens (including phenoxy) is 5. The van der Waals surface area contributed by atoms with Crippen LogP contribution in [0.1, 0.15) is 61.8 Å². The summed E-state index contributed by atoms with van der Waals surface area (Å²) in [5.41, 5.74) is 3.82. The van der Waals surface area contributed by atoms with E-state index in [9.17, 15) is 5.11 Å². The molecule has 9 heteroatoms.